The van der Waals surface area contributed by atoms with Crippen LogP contribution >= 0.6 is 0 Å². The Morgan fingerprint density at radius 1 is 1.05 bits per heavy atom. The first-order chi connectivity index (χ1) is 20.3. The van der Waals surface area contributed by atoms with Gasteiger partial charge in [0, 0.05) is 85.0 Å². The largest absolute Gasteiger partial charge is 0.356 e. The summed E-state index contributed by atoms with van der Waals surface area (Å²) in [5, 5.41) is 3.68. The molecule has 12 heteroatoms. The Labute approximate surface area is 243 Å². The molecule has 4 aromatic rings. The lowest BCUT2D eigenvalue weighted by molar-refractivity contribution is -0.122. The van der Waals surface area contributed by atoms with Gasteiger partial charge in [-0.25, -0.2) is 18.4 Å². The van der Waals surface area contributed by atoms with Gasteiger partial charge in [-0.05, 0) is 61.2 Å². The third-order valence-corrected chi connectivity index (χ3v) is 9.46. The Bertz CT molecular complexity index is 1780. The van der Waals surface area contributed by atoms with Gasteiger partial charge in [-0.1, -0.05) is 5.92 Å². The number of aromatic amines is 1. The number of carbonyl (C=O) groups excluding carboxylic acids is 2. The van der Waals surface area contributed by atoms with Crippen molar-refractivity contribution in [3.63, 3.8) is 0 Å². The molecular weight excluding hydrogens is 554 g/mol. The van der Waals surface area contributed by atoms with E-state index >= 15 is 0 Å². The fourth-order valence-electron chi connectivity index (χ4n) is 5.15. The van der Waals surface area contributed by atoms with Crippen LogP contribution in [-0.2, 0) is 14.8 Å². The number of nitrogens with one attached hydrogen (secondary N) is 2. The predicted octanol–water partition coefficient (Wildman–Crippen LogP) is 2.43. The summed E-state index contributed by atoms with van der Waals surface area (Å²) in [4.78, 5) is 43.1. The summed E-state index contributed by atoms with van der Waals surface area (Å²) in [6.45, 7) is 0.628. The summed E-state index contributed by atoms with van der Waals surface area (Å²) in [5.41, 5.74) is 2.94. The molecule has 42 heavy (non-hydrogen) atoms. The molecule has 1 atom stereocenters. The number of rotatable bonds is 8. The molecule has 11 nitrogen and oxygen atoms in total. The van der Waals surface area contributed by atoms with Gasteiger partial charge in [-0.2, -0.15) is 4.31 Å². The summed E-state index contributed by atoms with van der Waals surface area (Å²) in [7, 11) is -3.91. The number of terminal acetylenes is 1. The molecule has 1 saturated heterocycles. The van der Waals surface area contributed by atoms with Gasteiger partial charge in [-0.15, -0.1) is 6.42 Å². The molecule has 2 aliphatic rings. The lowest BCUT2D eigenvalue weighted by atomic mass is 10.1. The number of aromatic nitrogens is 4. The molecule has 1 saturated carbocycles. The van der Waals surface area contributed by atoms with E-state index in [1.54, 1.807) is 54.0 Å². The number of benzene rings is 1. The van der Waals surface area contributed by atoms with Crippen molar-refractivity contribution in [3.05, 3.63) is 72.6 Å². The van der Waals surface area contributed by atoms with Crippen LogP contribution < -0.4 is 5.32 Å². The van der Waals surface area contributed by atoms with E-state index in [9.17, 15) is 18.0 Å². The minimum absolute atomic E-state index is 0.00684. The number of hydrogen-bond donors (Lipinski definition) is 2. The highest BCUT2D eigenvalue weighted by atomic mass is 32.2. The van der Waals surface area contributed by atoms with Crippen LogP contribution in [0.15, 0.2) is 66.2 Å². The molecule has 6 rings (SSSR count). The van der Waals surface area contributed by atoms with Crippen LogP contribution in [0.5, 0.6) is 0 Å². The number of carbonyl (C=O) groups is 2. The summed E-state index contributed by atoms with van der Waals surface area (Å²) >= 11 is 0. The minimum Gasteiger partial charge on any atom is -0.356 e. The Morgan fingerprint density at radius 3 is 2.52 bits per heavy atom. The number of pyridine rings is 1. The van der Waals surface area contributed by atoms with Crippen molar-refractivity contribution in [2.75, 3.05) is 26.2 Å². The fraction of sp³-hybridized carbons (Fsp3) is 0.300. The molecule has 4 heterocycles. The number of sulfonamides is 1. The monoisotopic (exact) mass is 583 g/mol. The zero-order chi connectivity index (χ0) is 29.3. The number of fused-ring (bicyclic) bond motifs is 1. The van der Waals surface area contributed by atoms with E-state index in [0.29, 0.717) is 29.4 Å². The molecule has 1 aliphatic heterocycles. The van der Waals surface area contributed by atoms with Gasteiger partial charge in [0.05, 0.1) is 0 Å². The maximum atomic E-state index is 13.7. The first-order valence-electron chi connectivity index (χ1n) is 13.7. The van der Waals surface area contributed by atoms with E-state index in [2.05, 4.69) is 31.2 Å². The van der Waals surface area contributed by atoms with E-state index < -0.39 is 16.1 Å². The summed E-state index contributed by atoms with van der Waals surface area (Å²) in [5.74, 6) is 2.24. The van der Waals surface area contributed by atoms with E-state index in [1.807, 2.05) is 12.1 Å². The normalized spacial score (nSPS) is 17.6. The molecule has 0 radical (unpaired) electrons. The van der Waals surface area contributed by atoms with Crippen molar-refractivity contribution in [2.24, 2.45) is 5.92 Å². The zero-order valence-corrected chi connectivity index (χ0v) is 23.5. The van der Waals surface area contributed by atoms with E-state index in [-0.39, 0.29) is 48.2 Å². The molecule has 0 bridgehead atoms. The van der Waals surface area contributed by atoms with Crippen LogP contribution in [0, 0.1) is 18.3 Å². The van der Waals surface area contributed by atoms with E-state index in [0.717, 1.165) is 24.0 Å². The van der Waals surface area contributed by atoms with Crippen LogP contribution in [0.2, 0.25) is 0 Å². The van der Waals surface area contributed by atoms with Crippen LogP contribution in [-0.4, -0.2) is 81.6 Å². The summed E-state index contributed by atoms with van der Waals surface area (Å²) < 4.78 is 28.8. The Hall–Kier alpha value is -4.60. The van der Waals surface area contributed by atoms with E-state index in [4.69, 9.17) is 6.42 Å². The van der Waals surface area contributed by atoms with Gasteiger partial charge >= 0.3 is 0 Å². The van der Waals surface area contributed by atoms with Crippen LogP contribution in [0.1, 0.15) is 35.4 Å². The van der Waals surface area contributed by atoms with Gasteiger partial charge < -0.3 is 15.2 Å². The van der Waals surface area contributed by atoms with Crippen LogP contribution in [0.25, 0.3) is 22.0 Å². The molecule has 2 fully saturated rings. The SMILES string of the molecule is C#Cc1ccc2[nH]c(S(=O)(=O)N3CCN(C(=O)c4ncc(-c5ccncc5)cn4)C(CCNC(=O)C4CC4)C3)cc2c1. The molecule has 2 amide bonds. The summed E-state index contributed by atoms with van der Waals surface area (Å²) in [6, 6.07) is 9.99. The number of H-pyrrole nitrogens is 1. The topological polar surface area (TPSA) is 141 Å². The van der Waals surface area contributed by atoms with Crippen molar-refractivity contribution in [2.45, 2.75) is 30.3 Å². The Kier molecular flexibility index (Phi) is 7.45. The Balaban J connectivity index is 1.22. The lowest BCUT2D eigenvalue weighted by Crippen LogP contribution is -2.57. The van der Waals surface area contributed by atoms with Crippen molar-refractivity contribution >= 4 is 32.7 Å². The zero-order valence-electron chi connectivity index (χ0n) is 22.7. The average Bonchev–Trinajstić information content (AvgIpc) is 3.79. The van der Waals surface area contributed by atoms with E-state index in [1.165, 1.54) is 4.31 Å². The van der Waals surface area contributed by atoms with Gasteiger partial charge in [0.25, 0.3) is 15.9 Å². The quantitative estimate of drug-likeness (QED) is 0.304. The highest BCUT2D eigenvalue weighted by Crippen LogP contribution is 2.29. The molecular formula is C30H29N7O4S. The summed E-state index contributed by atoms with van der Waals surface area (Å²) in [6.07, 6.45) is 14.1. The van der Waals surface area contributed by atoms with Gasteiger partial charge in [0.2, 0.25) is 11.7 Å². The Morgan fingerprint density at radius 2 is 1.81 bits per heavy atom. The second-order valence-electron chi connectivity index (χ2n) is 10.5. The van der Waals surface area contributed by atoms with Crippen molar-refractivity contribution in [3.8, 4) is 23.5 Å². The number of hydrogen-bond acceptors (Lipinski definition) is 7. The third kappa shape index (κ3) is 5.61. The minimum atomic E-state index is -3.91. The molecule has 0 spiro atoms. The lowest BCUT2D eigenvalue weighted by Gasteiger charge is -2.40. The van der Waals surface area contributed by atoms with Gasteiger partial charge in [0.1, 0.15) is 5.03 Å². The fourth-order valence-corrected chi connectivity index (χ4v) is 6.63. The predicted molar refractivity (Wildman–Crippen MR) is 155 cm³/mol. The van der Waals surface area contributed by atoms with Crippen molar-refractivity contribution < 1.29 is 18.0 Å². The molecule has 1 unspecified atom stereocenters. The maximum Gasteiger partial charge on any atom is 0.291 e. The average molecular weight is 584 g/mol. The molecule has 1 aliphatic carbocycles. The standard InChI is InChI=1S/C30H29N7O4S/c1-2-20-3-6-26-23(15-20)16-27(35-26)42(40,41)36-13-14-37(25(19-36)9-12-32-29(38)22-4-5-22)30(39)28-33-17-24(18-34-28)21-7-10-31-11-8-21/h1,3,6-8,10-11,15-18,22,25,35H,4-5,9,12-14,19H2,(H,32,38). The van der Waals surface area contributed by atoms with Crippen molar-refractivity contribution in [1.29, 1.82) is 0 Å². The van der Waals surface area contributed by atoms with Crippen molar-refractivity contribution in [1.82, 2.24) is 34.5 Å². The second kappa shape index (κ2) is 11.3. The highest BCUT2D eigenvalue weighted by Gasteiger charge is 2.38. The molecule has 2 N–H and O–H groups in total. The molecule has 3 aromatic heterocycles. The number of piperazine rings is 1. The molecule has 1 aromatic carbocycles. The van der Waals surface area contributed by atoms with Gasteiger partial charge in [-0.3, -0.25) is 14.6 Å². The molecule has 214 valence electrons. The first kappa shape index (κ1) is 27.6. The highest BCUT2D eigenvalue weighted by molar-refractivity contribution is 7.89. The third-order valence-electron chi connectivity index (χ3n) is 7.67. The maximum absolute atomic E-state index is 13.7. The van der Waals surface area contributed by atoms with Gasteiger partial charge in [0.15, 0.2) is 0 Å². The van der Waals surface area contributed by atoms with Crippen LogP contribution in [0.4, 0.5) is 0 Å². The number of amides is 2. The smallest absolute Gasteiger partial charge is 0.291 e. The first-order valence-corrected chi connectivity index (χ1v) is 15.2. The number of nitrogens with zero attached hydrogens (tertiary/aromatic N) is 5. The second-order valence-corrected chi connectivity index (χ2v) is 12.4. The van der Waals surface area contributed by atoms with Crippen LogP contribution in [0.3, 0.4) is 0 Å².